The number of hydrogen-bond donors (Lipinski definition) is 2. The van der Waals surface area contributed by atoms with E-state index < -0.39 is 4.92 Å². The van der Waals surface area contributed by atoms with Gasteiger partial charge < -0.3 is 15.8 Å². The second-order valence-corrected chi connectivity index (χ2v) is 3.47. The fourth-order valence-electron chi connectivity index (χ4n) is 1.39. The van der Waals surface area contributed by atoms with E-state index in [0.29, 0.717) is 31.1 Å². The molecule has 0 bridgehead atoms. The smallest absolute Gasteiger partial charge is 0.333 e. The highest BCUT2D eigenvalue weighted by Gasteiger charge is 2.20. The van der Waals surface area contributed by atoms with Gasteiger partial charge in [0.05, 0.1) is 11.5 Å². The molecule has 0 aromatic heterocycles. The Morgan fingerprint density at radius 2 is 2.29 bits per heavy atom. The van der Waals surface area contributed by atoms with Crippen molar-refractivity contribution in [3.63, 3.8) is 0 Å². The summed E-state index contributed by atoms with van der Waals surface area (Å²) in [5, 5.41) is 13.9. The third-order valence-corrected chi connectivity index (χ3v) is 2.10. The van der Waals surface area contributed by atoms with Crippen LogP contribution < -0.4 is 15.8 Å². The fourth-order valence-corrected chi connectivity index (χ4v) is 1.39. The van der Waals surface area contributed by atoms with Crippen LogP contribution in [0, 0.1) is 10.1 Å². The first kappa shape index (κ1) is 13.2. The van der Waals surface area contributed by atoms with Gasteiger partial charge in [-0.3, -0.25) is 10.1 Å². The molecule has 0 fully saturated rings. The summed E-state index contributed by atoms with van der Waals surface area (Å²) in [6, 6.07) is 4.96. The molecule has 6 heteroatoms. The number of ether oxygens (including phenoxy) is 1. The van der Waals surface area contributed by atoms with E-state index in [0.717, 1.165) is 6.42 Å². The number of nitro benzene ring substituents is 1. The number of nitro groups is 1. The van der Waals surface area contributed by atoms with Crippen LogP contribution in [0.25, 0.3) is 0 Å². The molecule has 0 atom stereocenters. The Kier molecular flexibility index (Phi) is 5.22. The summed E-state index contributed by atoms with van der Waals surface area (Å²) >= 11 is 0. The van der Waals surface area contributed by atoms with E-state index in [9.17, 15) is 10.1 Å². The Morgan fingerprint density at radius 3 is 2.88 bits per heavy atom. The van der Waals surface area contributed by atoms with Gasteiger partial charge in [0.1, 0.15) is 5.69 Å². The lowest BCUT2D eigenvalue weighted by Gasteiger charge is -2.10. The van der Waals surface area contributed by atoms with Gasteiger partial charge in [0, 0.05) is 13.1 Å². The summed E-state index contributed by atoms with van der Waals surface area (Å²) in [4.78, 5) is 10.6. The number of rotatable bonds is 7. The first-order valence-electron chi connectivity index (χ1n) is 5.54. The molecule has 0 aliphatic rings. The average molecular weight is 239 g/mol. The number of para-hydroxylation sites is 1. The van der Waals surface area contributed by atoms with E-state index in [2.05, 4.69) is 5.32 Å². The van der Waals surface area contributed by atoms with Crippen molar-refractivity contribution in [2.24, 2.45) is 5.73 Å². The highest BCUT2D eigenvalue weighted by molar-refractivity contribution is 5.68. The highest BCUT2D eigenvalue weighted by Crippen LogP contribution is 2.34. The molecule has 1 aromatic rings. The normalized spacial score (nSPS) is 10.0. The van der Waals surface area contributed by atoms with Gasteiger partial charge in [-0.2, -0.15) is 0 Å². The van der Waals surface area contributed by atoms with E-state index in [1.54, 1.807) is 18.2 Å². The van der Waals surface area contributed by atoms with Crippen molar-refractivity contribution in [2.75, 3.05) is 25.0 Å². The van der Waals surface area contributed by atoms with E-state index >= 15 is 0 Å². The van der Waals surface area contributed by atoms with Crippen LogP contribution in [0.4, 0.5) is 11.4 Å². The number of hydrogen-bond acceptors (Lipinski definition) is 5. The van der Waals surface area contributed by atoms with Crippen LogP contribution in [0.3, 0.4) is 0 Å². The van der Waals surface area contributed by atoms with Crippen molar-refractivity contribution in [2.45, 2.75) is 13.3 Å². The summed E-state index contributed by atoms with van der Waals surface area (Å²) in [7, 11) is 0. The molecule has 0 unspecified atom stereocenters. The van der Waals surface area contributed by atoms with Gasteiger partial charge in [0.25, 0.3) is 0 Å². The minimum absolute atomic E-state index is 0.0330. The predicted molar refractivity (Wildman–Crippen MR) is 66.4 cm³/mol. The summed E-state index contributed by atoms with van der Waals surface area (Å²) in [6.45, 7) is 3.30. The van der Waals surface area contributed by atoms with Crippen LogP contribution in [0.2, 0.25) is 0 Å². The van der Waals surface area contributed by atoms with Gasteiger partial charge in [0.15, 0.2) is 5.75 Å². The zero-order valence-electron chi connectivity index (χ0n) is 9.81. The fraction of sp³-hybridized carbons (Fsp3) is 0.455. The molecule has 0 amide bonds. The Bertz CT molecular complexity index is 356. The third kappa shape index (κ3) is 3.60. The lowest BCUT2D eigenvalue weighted by molar-refractivity contribution is -0.385. The van der Waals surface area contributed by atoms with Crippen LogP contribution in [0.1, 0.15) is 13.3 Å². The molecule has 17 heavy (non-hydrogen) atoms. The minimum atomic E-state index is -0.441. The van der Waals surface area contributed by atoms with Crippen LogP contribution >= 0.6 is 0 Å². The molecule has 0 heterocycles. The summed E-state index contributed by atoms with van der Waals surface area (Å²) in [6.07, 6.45) is 0.803. The van der Waals surface area contributed by atoms with Crippen molar-refractivity contribution < 1.29 is 9.66 Å². The first-order valence-corrected chi connectivity index (χ1v) is 5.54. The Morgan fingerprint density at radius 1 is 1.53 bits per heavy atom. The molecule has 1 aromatic carbocycles. The van der Waals surface area contributed by atoms with Crippen molar-refractivity contribution >= 4 is 11.4 Å². The van der Waals surface area contributed by atoms with E-state index in [-0.39, 0.29) is 5.69 Å². The Labute approximate surface area is 99.9 Å². The monoisotopic (exact) mass is 239 g/mol. The third-order valence-electron chi connectivity index (χ3n) is 2.10. The molecular weight excluding hydrogens is 222 g/mol. The lowest BCUT2D eigenvalue weighted by Crippen LogP contribution is -2.14. The number of nitrogens with zero attached hydrogens (tertiary/aromatic N) is 1. The number of benzene rings is 1. The van der Waals surface area contributed by atoms with E-state index in [1.807, 2.05) is 6.92 Å². The molecule has 0 spiro atoms. The summed E-state index contributed by atoms with van der Waals surface area (Å²) in [5.41, 5.74) is 5.76. The zero-order chi connectivity index (χ0) is 12.7. The standard InChI is InChI=1S/C11H17N3O3/c1-2-8-17-10-5-3-4-9(13-7-6-12)11(10)14(15)16/h3-5,13H,2,6-8,12H2,1H3. The summed E-state index contributed by atoms with van der Waals surface area (Å²) in [5.74, 6) is 0.291. The molecule has 1 rings (SSSR count). The van der Waals surface area contributed by atoms with E-state index in [1.165, 1.54) is 0 Å². The molecule has 0 saturated carbocycles. The minimum Gasteiger partial charge on any atom is -0.487 e. The molecule has 0 saturated heterocycles. The second-order valence-electron chi connectivity index (χ2n) is 3.47. The number of nitrogens with one attached hydrogen (secondary N) is 1. The quantitative estimate of drug-likeness (QED) is 0.558. The maximum absolute atomic E-state index is 11.0. The van der Waals surface area contributed by atoms with Gasteiger partial charge in [0.2, 0.25) is 0 Å². The largest absolute Gasteiger partial charge is 0.487 e. The van der Waals surface area contributed by atoms with Crippen LogP contribution in [-0.4, -0.2) is 24.6 Å². The Balaban J connectivity index is 2.99. The molecule has 0 radical (unpaired) electrons. The first-order chi connectivity index (χ1) is 8.20. The van der Waals surface area contributed by atoms with Crippen LogP contribution in [0.5, 0.6) is 5.75 Å². The number of anilines is 1. The van der Waals surface area contributed by atoms with Crippen LogP contribution in [-0.2, 0) is 0 Å². The Hall–Kier alpha value is -1.82. The zero-order valence-corrected chi connectivity index (χ0v) is 9.81. The van der Waals surface area contributed by atoms with Crippen molar-refractivity contribution in [3.8, 4) is 5.75 Å². The van der Waals surface area contributed by atoms with Crippen molar-refractivity contribution in [1.82, 2.24) is 0 Å². The van der Waals surface area contributed by atoms with Gasteiger partial charge in [-0.25, -0.2) is 0 Å². The van der Waals surface area contributed by atoms with Crippen LogP contribution in [0.15, 0.2) is 18.2 Å². The second kappa shape index (κ2) is 6.70. The predicted octanol–water partition coefficient (Wildman–Crippen LogP) is 1.75. The van der Waals surface area contributed by atoms with Gasteiger partial charge in [-0.1, -0.05) is 13.0 Å². The molecule has 94 valence electrons. The summed E-state index contributed by atoms with van der Waals surface area (Å²) < 4.78 is 5.36. The molecule has 6 nitrogen and oxygen atoms in total. The molecular formula is C11H17N3O3. The molecule has 0 aliphatic carbocycles. The van der Waals surface area contributed by atoms with Crippen molar-refractivity contribution in [1.29, 1.82) is 0 Å². The maximum Gasteiger partial charge on any atom is 0.333 e. The number of nitrogens with two attached hydrogens (primary N) is 1. The maximum atomic E-state index is 11.0. The van der Waals surface area contributed by atoms with Gasteiger partial charge in [-0.05, 0) is 18.6 Å². The topological polar surface area (TPSA) is 90.4 Å². The average Bonchev–Trinajstić information content (AvgIpc) is 2.33. The lowest BCUT2D eigenvalue weighted by atomic mass is 10.2. The van der Waals surface area contributed by atoms with E-state index in [4.69, 9.17) is 10.5 Å². The highest BCUT2D eigenvalue weighted by atomic mass is 16.6. The van der Waals surface area contributed by atoms with Crippen molar-refractivity contribution in [3.05, 3.63) is 28.3 Å². The van der Waals surface area contributed by atoms with Gasteiger partial charge in [-0.15, -0.1) is 0 Å². The SMILES string of the molecule is CCCOc1cccc(NCCN)c1[N+](=O)[O-]. The molecule has 3 N–H and O–H groups in total. The van der Waals surface area contributed by atoms with Gasteiger partial charge >= 0.3 is 5.69 Å². The molecule has 0 aliphatic heterocycles.